The van der Waals surface area contributed by atoms with Crippen LogP contribution in [-0.4, -0.2) is 70.3 Å². The molecule has 2 aliphatic heterocycles. The summed E-state index contributed by atoms with van der Waals surface area (Å²) in [5.41, 5.74) is 2.90. The molecule has 0 radical (unpaired) electrons. The van der Waals surface area contributed by atoms with Gasteiger partial charge < -0.3 is 10.0 Å². The molecule has 9 heteroatoms. The molecule has 1 unspecified atom stereocenters. The number of nitrogens with one attached hydrogen (secondary N) is 1. The summed E-state index contributed by atoms with van der Waals surface area (Å²) in [6.07, 6.45) is 4.50. The minimum atomic E-state index is -0.637. The van der Waals surface area contributed by atoms with Gasteiger partial charge in [0, 0.05) is 57.3 Å². The molecule has 9 nitrogen and oxygen atoms in total. The molecule has 2 amide bonds. The molecule has 3 aliphatic rings. The number of fused-ring (bicyclic) bond motifs is 1. The van der Waals surface area contributed by atoms with E-state index < -0.39 is 5.97 Å². The number of nitrogens with zero attached hydrogens (tertiary/aromatic N) is 4. The molecular formula is C25H33N5O4. The van der Waals surface area contributed by atoms with Crippen LogP contribution >= 0.6 is 0 Å². The number of carboxylic acids is 1. The number of piperazine rings is 1. The number of benzene rings is 1. The fourth-order valence-corrected chi connectivity index (χ4v) is 5.83. The lowest BCUT2D eigenvalue weighted by molar-refractivity contribution is -0.143. The normalized spacial score (nSPS) is 26.6. The predicted octanol–water partition coefficient (Wildman–Crippen LogP) is 2.11. The van der Waals surface area contributed by atoms with Crippen LogP contribution in [0.25, 0.3) is 10.9 Å². The van der Waals surface area contributed by atoms with Crippen LogP contribution in [0.3, 0.4) is 0 Å². The number of carboxylic acid groups (broad SMARTS) is 1. The Bertz CT molecular complexity index is 1100. The van der Waals surface area contributed by atoms with Gasteiger partial charge in [-0.05, 0) is 56.2 Å². The van der Waals surface area contributed by atoms with Crippen LogP contribution in [0.2, 0.25) is 0 Å². The van der Waals surface area contributed by atoms with Gasteiger partial charge >= 0.3 is 5.97 Å². The Morgan fingerprint density at radius 3 is 2.50 bits per heavy atom. The van der Waals surface area contributed by atoms with Gasteiger partial charge in [0.05, 0.1) is 23.0 Å². The first-order valence-corrected chi connectivity index (χ1v) is 12.4. The monoisotopic (exact) mass is 467 g/mol. The van der Waals surface area contributed by atoms with E-state index in [1.165, 1.54) is 0 Å². The topological polar surface area (TPSA) is 108 Å². The standard InChI is InChI=1S/C25H33N5O4/c1-28-21-14-18(6-7-19(21)23(27-28)20-8-9-22(31)26-24(20)32)30-12-10-29(11-13-30)15-16-2-4-17(5-3-16)25(33)34/h6-7,14,16-17,20H,2-5,8-13,15H2,1H3,(H,33,34)(H,26,31,32)/t16-,17-,20?. The van der Waals surface area contributed by atoms with Crippen LogP contribution in [0.5, 0.6) is 0 Å². The van der Waals surface area contributed by atoms with E-state index in [0.717, 1.165) is 80.7 Å². The van der Waals surface area contributed by atoms with E-state index in [4.69, 9.17) is 0 Å². The number of rotatable bonds is 5. The Morgan fingerprint density at radius 2 is 1.82 bits per heavy atom. The van der Waals surface area contributed by atoms with Crippen LogP contribution in [0, 0.1) is 11.8 Å². The second-order valence-electron chi connectivity index (χ2n) is 10.1. The van der Waals surface area contributed by atoms with Crippen molar-refractivity contribution in [3.63, 3.8) is 0 Å². The largest absolute Gasteiger partial charge is 0.481 e. The molecule has 0 bridgehead atoms. The molecule has 182 valence electrons. The summed E-state index contributed by atoms with van der Waals surface area (Å²) in [7, 11) is 1.90. The van der Waals surface area contributed by atoms with Gasteiger partial charge in [-0.25, -0.2) is 0 Å². The Hall–Kier alpha value is -2.94. The van der Waals surface area contributed by atoms with Crippen molar-refractivity contribution in [1.29, 1.82) is 0 Å². The average molecular weight is 468 g/mol. The molecule has 1 aromatic heterocycles. The number of aromatic nitrogens is 2. The summed E-state index contributed by atoms with van der Waals surface area (Å²) in [4.78, 5) is 40.0. The number of hydrogen-bond donors (Lipinski definition) is 2. The lowest BCUT2D eigenvalue weighted by atomic mass is 9.82. The number of imide groups is 1. The van der Waals surface area contributed by atoms with Gasteiger partial charge in [0.15, 0.2) is 0 Å². The molecule has 34 heavy (non-hydrogen) atoms. The minimum Gasteiger partial charge on any atom is -0.481 e. The molecule has 2 N–H and O–H groups in total. The van der Waals surface area contributed by atoms with E-state index >= 15 is 0 Å². The van der Waals surface area contributed by atoms with Crippen molar-refractivity contribution in [2.24, 2.45) is 18.9 Å². The van der Waals surface area contributed by atoms with Crippen LogP contribution < -0.4 is 10.2 Å². The maximum atomic E-state index is 12.4. The van der Waals surface area contributed by atoms with Crippen LogP contribution in [0.1, 0.15) is 50.1 Å². The van der Waals surface area contributed by atoms with Crippen LogP contribution in [-0.2, 0) is 21.4 Å². The first-order chi connectivity index (χ1) is 16.4. The Balaban J connectivity index is 1.21. The van der Waals surface area contributed by atoms with E-state index in [9.17, 15) is 19.5 Å². The van der Waals surface area contributed by atoms with E-state index in [1.54, 1.807) is 0 Å². The van der Waals surface area contributed by atoms with E-state index in [1.807, 2.05) is 11.7 Å². The van der Waals surface area contributed by atoms with Gasteiger partial charge in [0.1, 0.15) is 0 Å². The fourth-order valence-electron chi connectivity index (χ4n) is 5.83. The summed E-state index contributed by atoms with van der Waals surface area (Å²) < 4.78 is 1.83. The molecule has 1 atom stereocenters. The highest BCUT2D eigenvalue weighted by atomic mass is 16.4. The van der Waals surface area contributed by atoms with Crippen LogP contribution in [0.15, 0.2) is 18.2 Å². The van der Waals surface area contributed by atoms with Crippen molar-refractivity contribution in [2.75, 3.05) is 37.6 Å². The molecule has 2 saturated heterocycles. The zero-order chi connectivity index (χ0) is 23.8. The lowest BCUT2D eigenvalue weighted by Crippen LogP contribution is -2.48. The maximum absolute atomic E-state index is 12.4. The second kappa shape index (κ2) is 9.37. The highest BCUT2D eigenvalue weighted by molar-refractivity contribution is 6.02. The first-order valence-electron chi connectivity index (χ1n) is 12.4. The Morgan fingerprint density at radius 1 is 1.09 bits per heavy atom. The highest BCUT2D eigenvalue weighted by Crippen LogP contribution is 2.33. The molecule has 3 fully saturated rings. The Labute approximate surface area is 199 Å². The van der Waals surface area contributed by atoms with E-state index in [-0.39, 0.29) is 23.7 Å². The molecule has 5 rings (SSSR count). The number of aliphatic carboxylic acids is 1. The zero-order valence-electron chi connectivity index (χ0n) is 19.7. The Kier molecular flexibility index (Phi) is 6.29. The summed E-state index contributed by atoms with van der Waals surface area (Å²) in [5, 5.41) is 17.3. The lowest BCUT2D eigenvalue weighted by Gasteiger charge is -2.38. The highest BCUT2D eigenvalue weighted by Gasteiger charge is 2.32. The quantitative estimate of drug-likeness (QED) is 0.649. The van der Waals surface area contributed by atoms with E-state index in [2.05, 4.69) is 38.4 Å². The van der Waals surface area contributed by atoms with Gasteiger partial charge in [-0.1, -0.05) is 0 Å². The van der Waals surface area contributed by atoms with Gasteiger partial charge in [-0.2, -0.15) is 5.10 Å². The fraction of sp³-hybridized carbons (Fsp3) is 0.600. The summed E-state index contributed by atoms with van der Waals surface area (Å²) in [6.45, 7) is 4.98. The number of carbonyl (C=O) groups excluding carboxylic acids is 2. The smallest absolute Gasteiger partial charge is 0.306 e. The molecular weight excluding hydrogens is 434 g/mol. The van der Waals surface area contributed by atoms with Crippen molar-refractivity contribution in [1.82, 2.24) is 20.0 Å². The van der Waals surface area contributed by atoms with Gasteiger partial charge in [-0.3, -0.25) is 29.3 Å². The molecule has 1 saturated carbocycles. The van der Waals surface area contributed by atoms with Crippen molar-refractivity contribution < 1.29 is 19.5 Å². The first kappa shape index (κ1) is 22.8. The number of aryl methyl sites for hydroxylation is 1. The number of piperidine rings is 1. The molecule has 3 heterocycles. The van der Waals surface area contributed by atoms with Gasteiger partial charge in [0.2, 0.25) is 11.8 Å². The van der Waals surface area contributed by atoms with Gasteiger partial charge in [0.25, 0.3) is 0 Å². The summed E-state index contributed by atoms with van der Waals surface area (Å²) in [6, 6.07) is 6.33. The maximum Gasteiger partial charge on any atom is 0.306 e. The number of anilines is 1. The van der Waals surface area contributed by atoms with Crippen molar-refractivity contribution in [2.45, 2.75) is 44.4 Å². The molecule has 1 aromatic carbocycles. The SMILES string of the molecule is Cn1nc(C2CCC(=O)NC2=O)c2ccc(N3CCN(C[C@H]4CC[C@H](C(=O)O)CC4)CC3)cc21. The second-order valence-corrected chi connectivity index (χ2v) is 10.1. The predicted molar refractivity (Wildman–Crippen MR) is 128 cm³/mol. The summed E-state index contributed by atoms with van der Waals surface area (Å²) >= 11 is 0. The minimum absolute atomic E-state index is 0.148. The third-order valence-electron chi connectivity index (χ3n) is 7.88. The average Bonchev–Trinajstić information content (AvgIpc) is 3.15. The number of carbonyl (C=O) groups is 3. The van der Waals surface area contributed by atoms with Crippen molar-refractivity contribution in [3.8, 4) is 0 Å². The van der Waals surface area contributed by atoms with Crippen molar-refractivity contribution >= 4 is 34.4 Å². The molecule has 2 aromatic rings. The van der Waals surface area contributed by atoms with Crippen molar-refractivity contribution in [3.05, 3.63) is 23.9 Å². The van der Waals surface area contributed by atoms with Crippen LogP contribution in [0.4, 0.5) is 5.69 Å². The number of amides is 2. The third kappa shape index (κ3) is 4.53. The van der Waals surface area contributed by atoms with E-state index in [0.29, 0.717) is 18.8 Å². The van der Waals surface area contributed by atoms with Gasteiger partial charge in [-0.15, -0.1) is 0 Å². The molecule has 1 aliphatic carbocycles. The summed E-state index contributed by atoms with van der Waals surface area (Å²) in [5.74, 6) is -1.03. The zero-order valence-corrected chi connectivity index (χ0v) is 19.7. The number of hydrogen-bond acceptors (Lipinski definition) is 6. The molecule has 0 spiro atoms. The third-order valence-corrected chi connectivity index (χ3v) is 7.88.